The first-order valence-corrected chi connectivity index (χ1v) is 6.13. The summed E-state index contributed by atoms with van der Waals surface area (Å²) < 4.78 is 16.4. The first-order valence-electron chi connectivity index (χ1n) is 6.13. The molecule has 1 aromatic carbocycles. The Balaban J connectivity index is 1.90. The maximum Gasteiger partial charge on any atom is 0.364 e. The molecule has 0 atom stereocenters. The van der Waals surface area contributed by atoms with Gasteiger partial charge in [0.1, 0.15) is 5.60 Å². The van der Waals surface area contributed by atoms with Crippen molar-refractivity contribution < 1.29 is 24.1 Å². The van der Waals surface area contributed by atoms with Gasteiger partial charge in [0.25, 0.3) is 5.79 Å². The molecule has 19 heavy (non-hydrogen) atoms. The molecule has 0 aromatic heterocycles. The Bertz CT molecular complexity index is 434. The molecule has 0 saturated carbocycles. The Morgan fingerprint density at radius 1 is 1.26 bits per heavy atom. The zero-order chi connectivity index (χ0) is 13.9. The molecular formula is C14H18O5. The van der Waals surface area contributed by atoms with Crippen molar-refractivity contribution in [3.05, 3.63) is 35.9 Å². The molecular weight excluding hydrogens is 248 g/mol. The molecule has 0 radical (unpaired) electrons. The summed E-state index contributed by atoms with van der Waals surface area (Å²) in [6.45, 7) is 4.04. The lowest BCUT2D eigenvalue weighted by Gasteiger charge is -2.40. The van der Waals surface area contributed by atoms with Gasteiger partial charge in [-0.3, -0.25) is 0 Å². The minimum Gasteiger partial charge on any atom is -0.477 e. The van der Waals surface area contributed by atoms with Crippen molar-refractivity contribution in [3.63, 3.8) is 0 Å². The number of aliphatic carboxylic acids is 1. The van der Waals surface area contributed by atoms with Gasteiger partial charge in [0, 0.05) is 6.92 Å². The fourth-order valence-electron chi connectivity index (χ4n) is 1.70. The summed E-state index contributed by atoms with van der Waals surface area (Å²) in [5, 5.41) is 8.98. The second-order valence-corrected chi connectivity index (χ2v) is 5.05. The van der Waals surface area contributed by atoms with E-state index in [1.807, 2.05) is 37.3 Å². The van der Waals surface area contributed by atoms with Crippen LogP contribution in [0.25, 0.3) is 0 Å². The van der Waals surface area contributed by atoms with Gasteiger partial charge in [0.05, 0.1) is 19.8 Å². The Labute approximate surface area is 112 Å². The van der Waals surface area contributed by atoms with Crippen LogP contribution in [0.3, 0.4) is 0 Å². The van der Waals surface area contributed by atoms with Crippen LogP contribution in [0, 0.1) is 0 Å². The summed E-state index contributed by atoms with van der Waals surface area (Å²) in [6, 6.07) is 9.76. The number of hydrogen-bond donors (Lipinski definition) is 1. The second kappa shape index (κ2) is 5.28. The molecule has 1 N–H and O–H groups in total. The number of carbonyl (C=O) groups is 1. The van der Waals surface area contributed by atoms with Crippen molar-refractivity contribution in [2.45, 2.75) is 31.8 Å². The highest BCUT2D eigenvalue weighted by atomic mass is 16.7. The minimum absolute atomic E-state index is 0.183. The van der Waals surface area contributed by atoms with E-state index >= 15 is 0 Å². The number of hydrogen-bond acceptors (Lipinski definition) is 4. The Kier molecular flexibility index (Phi) is 3.89. The first kappa shape index (κ1) is 14.0. The molecule has 0 unspecified atom stereocenters. The van der Waals surface area contributed by atoms with Crippen molar-refractivity contribution in [1.29, 1.82) is 0 Å². The minimum atomic E-state index is -1.57. The third-order valence-corrected chi connectivity index (χ3v) is 3.12. The average Bonchev–Trinajstić information content (AvgIpc) is 2.42. The molecule has 0 spiro atoms. The summed E-state index contributed by atoms with van der Waals surface area (Å²) in [5.41, 5.74) is 0.417. The number of rotatable bonds is 4. The van der Waals surface area contributed by atoms with Crippen LogP contribution in [0.4, 0.5) is 0 Å². The highest BCUT2D eigenvalue weighted by Gasteiger charge is 2.45. The van der Waals surface area contributed by atoms with Crippen LogP contribution in [0.15, 0.2) is 30.3 Å². The van der Waals surface area contributed by atoms with Gasteiger partial charge in [0.15, 0.2) is 0 Å². The molecule has 1 heterocycles. The molecule has 1 saturated heterocycles. The quantitative estimate of drug-likeness (QED) is 0.900. The van der Waals surface area contributed by atoms with E-state index in [1.54, 1.807) is 0 Å². The topological polar surface area (TPSA) is 65.0 Å². The van der Waals surface area contributed by atoms with Crippen LogP contribution < -0.4 is 0 Å². The van der Waals surface area contributed by atoms with Crippen molar-refractivity contribution in [1.82, 2.24) is 0 Å². The van der Waals surface area contributed by atoms with Gasteiger partial charge >= 0.3 is 5.97 Å². The van der Waals surface area contributed by atoms with Crippen molar-refractivity contribution >= 4 is 5.97 Å². The van der Waals surface area contributed by atoms with E-state index in [4.69, 9.17) is 19.3 Å². The van der Waals surface area contributed by atoms with Gasteiger partial charge in [-0.25, -0.2) is 4.79 Å². The SMILES string of the molecule is CC1(OCc2ccccc2)COC(C)(C(=O)O)OC1. The predicted octanol–water partition coefficient (Wildman–Crippen LogP) is 1.81. The molecule has 1 aliphatic heterocycles. The molecule has 1 aliphatic rings. The van der Waals surface area contributed by atoms with E-state index in [-0.39, 0.29) is 13.2 Å². The summed E-state index contributed by atoms with van der Waals surface area (Å²) in [7, 11) is 0. The monoisotopic (exact) mass is 266 g/mol. The maximum atomic E-state index is 11.0. The standard InChI is InChI=1S/C14H18O5/c1-13(17-8-11-6-4-3-5-7-11)9-18-14(2,12(15)16)19-10-13/h3-7H,8-10H2,1-2H3,(H,15,16). The van der Waals surface area contributed by atoms with E-state index < -0.39 is 17.4 Å². The smallest absolute Gasteiger partial charge is 0.364 e. The summed E-state index contributed by atoms with van der Waals surface area (Å²) >= 11 is 0. The normalized spacial score (nSPS) is 31.1. The zero-order valence-corrected chi connectivity index (χ0v) is 11.1. The lowest BCUT2D eigenvalue weighted by atomic mass is 10.1. The zero-order valence-electron chi connectivity index (χ0n) is 11.1. The third kappa shape index (κ3) is 3.32. The number of carboxylic acid groups (broad SMARTS) is 1. The number of ether oxygens (including phenoxy) is 3. The van der Waals surface area contributed by atoms with E-state index in [1.165, 1.54) is 6.92 Å². The van der Waals surface area contributed by atoms with E-state index in [0.717, 1.165) is 5.56 Å². The van der Waals surface area contributed by atoms with Crippen LogP contribution in [0.2, 0.25) is 0 Å². The lowest BCUT2D eigenvalue weighted by Crippen LogP contribution is -2.55. The van der Waals surface area contributed by atoms with Crippen molar-refractivity contribution in [2.24, 2.45) is 0 Å². The molecule has 1 aromatic rings. The summed E-state index contributed by atoms with van der Waals surface area (Å²) in [5.74, 6) is -2.70. The second-order valence-electron chi connectivity index (χ2n) is 5.05. The molecule has 104 valence electrons. The van der Waals surface area contributed by atoms with Gasteiger partial charge in [-0.05, 0) is 12.5 Å². The molecule has 2 rings (SSSR count). The van der Waals surface area contributed by atoms with Crippen molar-refractivity contribution in [3.8, 4) is 0 Å². The first-order chi connectivity index (χ1) is 8.94. The van der Waals surface area contributed by atoms with Gasteiger partial charge in [-0.1, -0.05) is 30.3 Å². The van der Waals surface area contributed by atoms with E-state index in [9.17, 15) is 4.79 Å². The van der Waals surface area contributed by atoms with Gasteiger partial charge in [-0.15, -0.1) is 0 Å². The Morgan fingerprint density at radius 2 is 1.84 bits per heavy atom. The fraction of sp³-hybridized carbons (Fsp3) is 0.500. The molecule has 0 amide bonds. The fourth-order valence-corrected chi connectivity index (χ4v) is 1.70. The third-order valence-electron chi connectivity index (χ3n) is 3.12. The van der Waals surface area contributed by atoms with Gasteiger partial charge < -0.3 is 19.3 Å². The molecule has 5 heteroatoms. The van der Waals surface area contributed by atoms with Crippen LogP contribution in [-0.4, -0.2) is 35.7 Å². The largest absolute Gasteiger partial charge is 0.477 e. The molecule has 0 bridgehead atoms. The predicted molar refractivity (Wildman–Crippen MR) is 67.6 cm³/mol. The van der Waals surface area contributed by atoms with Crippen LogP contribution >= 0.6 is 0 Å². The highest BCUT2D eigenvalue weighted by Crippen LogP contribution is 2.27. The molecule has 5 nitrogen and oxygen atoms in total. The average molecular weight is 266 g/mol. The van der Waals surface area contributed by atoms with Gasteiger partial charge in [-0.2, -0.15) is 0 Å². The van der Waals surface area contributed by atoms with E-state index in [0.29, 0.717) is 6.61 Å². The van der Waals surface area contributed by atoms with Crippen LogP contribution in [-0.2, 0) is 25.6 Å². The van der Waals surface area contributed by atoms with E-state index in [2.05, 4.69) is 0 Å². The van der Waals surface area contributed by atoms with Crippen molar-refractivity contribution in [2.75, 3.05) is 13.2 Å². The summed E-state index contributed by atoms with van der Waals surface area (Å²) in [4.78, 5) is 11.0. The maximum absolute atomic E-state index is 11.0. The Hall–Kier alpha value is -1.43. The van der Waals surface area contributed by atoms with Crippen LogP contribution in [0.5, 0.6) is 0 Å². The number of benzene rings is 1. The van der Waals surface area contributed by atoms with Crippen LogP contribution in [0.1, 0.15) is 19.4 Å². The van der Waals surface area contributed by atoms with Gasteiger partial charge in [0.2, 0.25) is 0 Å². The molecule has 1 fully saturated rings. The highest BCUT2D eigenvalue weighted by molar-refractivity contribution is 5.75. The summed E-state index contributed by atoms with van der Waals surface area (Å²) in [6.07, 6.45) is 0. The molecule has 0 aliphatic carbocycles. The Morgan fingerprint density at radius 3 is 2.37 bits per heavy atom. The lowest BCUT2D eigenvalue weighted by molar-refractivity contribution is -0.308. The number of carboxylic acids is 1.